The van der Waals surface area contributed by atoms with Gasteiger partial charge in [0.05, 0.1) is 13.2 Å². The predicted octanol–water partition coefficient (Wildman–Crippen LogP) is 7.24. The summed E-state index contributed by atoms with van der Waals surface area (Å²) in [4.78, 5) is 4.66. The fourth-order valence-electron chi connectivity index (χ4n) is 8.14. The standard InChI is InChI=1S/C41H44F2N2O6/c1-44-13-11-34(26-3-7-32(42)8-4-26)30(20-44)22-46-36-18-40-38(48-24-50-40)16-28(36)15-29-17-39-41(51-25-49-39)19-37(29)47-23-31-21-45(2)14-12-35(31)27-5-9-33(43)10-6-27/h3-10,16-19,30-31,34-35H,11-15,20-25H2,1-2H3/t30-,31+,34-,35-/m1/s1. The Labute approximate surface area is 297 Å². The highest BCUT2D eigenvalue weighted by molar-refractivity contribution is 5.57. The van der Waals surface area contributed by atoms with Gasteiger partial charge in [-0.05, 0) is 99.4 Å². The minimum atomic E-state index is -0.227. The molecule has 4 atom stereocenters. The van der Waals surface area contributed by atoms with Crippen molar-refractivity contribution in [3.05, 3.63) is 107 Å². The molecule has 8 nitrogen and oxygen atoms in total. The molecular weight excluding hydrogens is 654 g/mol. The highest BCUT2D eigenvalue weighted by Crippen LogP contribution is 2.44. The molecule has 0 bridgehead atoms. The van der Waals surface area contributed by atoms with Crippen LogP contribution >= 0.6 is 0 Å². The van der Waals surface area contributed by atoms with Crippen molar-refractivity contribution in [1.29, 1.82) is 0 Å². The van der Waals surface area contributed by atoms with Gasteiger partial charge < -0.3 is 38.2 Å². The van der Waals surface area contributed by atoms with E-state index in [1.54, 1.807) is 24.3 Å². The van der Waals surface area contributed by atoms with E-state index < -0.39 is 0 Å². The van der Waals surface area contributed by atoms with Gasteiger partial charge in [0, 0.05) is 54.6 Å². The molecule has 268 valence electrons. The molecule has 10 heteroatoms. The van der Waals surface area contributed by atoms with E-state index >= 15 is 0 Å². The van der Waals surface area contributed by atoms with Gasteiger partial charge in [-0.1, -0.05) is 24.3 Å². The van der Waals surface area contributed by atoms with Gasteiger partial charge in [0.15, 0.2) is 23.0 Å². The van der Waals surface area contributed by atoms with Crippen LogP contribution in [0.1, 0.15) is 46.9 Å². The summed E-state index contributed by atoms with van der Waals surface area (Å²) in [5.41, 5.74) is 4.15. The molecule has 0 N–H and O–H groups in total. The van der Waals surface area contributed by atoms with E-state index in [9.17, 15) is 8.78 Å². The minimum Gasteiger partial charge on any atom is -0.493 e. The summed E-state index contributed by atoms with van der Waals surface area (Å²) in [6, 6.07) is 21.6. The molecule has 4 aliphatic rings. The van der Waals surface area contributed by atoms with Crippen LogP contribution in [0.4, 0.5) is 8.78 Å². The fourth-order valence-corrected chi connectivity index (χ4v) is 8.14. The lowest BCUT2D eigenvalue weighted by Gasteiger charge is -2.37. The van der Waals surface area contributed by atoms with Gasteiger partial charge in [-0.3, -0.25) is 0 Å². The Morgan fingerprint density at radius 3 is 1.39 bits per heavy atom. The fraction of sp³-hybridized carbons (Fsp3) is 0.415. The van der Waals surface area contributed by atoms with E-state index in [0.29, 0.717) is 42.6 Å². The molecular formula is C41H44F2N2O6. The second kappa shape index (κ2) is 14.6. The summed E-state index contributed by atoms with van der Waals surface area (Å²) >= 11 is 0. The van der Waals surface area contributed by atoms with Crippen LogP contribution in [-0.4, -0.2) is 76.9 Å². The third kappa shape index (κ3) is 7.44. The topological polar surface area (TPSA) is 61.9 Å². The molecule has 2 fully saturated rings. The van der Waals surface area contributed by atoms with Crippen molar-refractivity contribution >= 4 is 0 Å². The SMILES string of the molecule is CN1CC[C@H](c2ccc(F)cc2)[C@H](COc2cc3c(cc2Cc2cc4c(cc2OC[C@H]2CN(C)CC[C@@H]2c2ccc(F)cc2)OCO4)OCO3)C1. The van der Waals surface area contributed by atoms with Gasteiger partial charge in [-0.2, -0.15) is 0 Å². The maximum absolute atomic E-state index is 13.8. The Kier molecular flexibility index (Phi) is 9.62. The zero-order valence-electron chi connectivity index (χ0n) is 29.1. The minimum absolute atomic E-state index is 0.154. The van der Waals surface area contributed by atoms with E-state index in [1.165, 1.54) is 0 Å². The molecule has 0 aromatic heterocycles. The van der Waals surface area contributed by atoms with Crippen LogP contribution in [0.15, 0.2) is 72.8 Å². The molecule has 4 aromatic rings. The molecule has 0 unspecified atom stereocenters. The van der Waals surface area contributed by atoms with Crippen LogP contribution in [0.3, 0.4) is 0 Å². The Morgan fingerprint density at radius 2 is 0.980 bits per heavy atom. The maximum Gasteiger partial charge on any atom is 0.231 e. The summed E-state index contributed by atoms with van der Waals surface area (Å²) < 4.78 is 64.1. The van der Waals surface area contributed by atoms with Gasteiger partial charge in [-0.25, -0.2) is 8.78 Å². The second-order valence-electron chi connectivity index (χ2n) is 14.4. The molecule has 4 aliphatic heterocycles. The van der Waals surface area contributed by atoms with Crippen LogP contribution in [0.5, 0.6) is 34.5 Å². The average molecular weight is 699 g/mol. The zero-order chi connectivity index (χ0) is 34.9. The third-order valence-corrected chi connectivity index (χ3v) is 10.9. The molecule has 2 saturated heterocycles. The normalized spacial score (nSPS) is 23.0. The first kappa shape index (κ1) is 33.6. The van der Waals surface area contributed by atoms with Gasteiger partial charge in [0.2, 0.25) is 13.6 Å². The summed E-state index contributed by atoms with van der Waals surface area (Å²) in [7, 11) is 4.27. The molecule has 0 spiro atoms. The first-order valence-corrected chi connectivity index (χ1v) is 17.8. The van der Waals surface area contributed by atoms with Gasteiger partial charge in [0.1, 0.15) is 23.1 Å². The van der Waals surface area contributed by atoms with E-state index in [4.69, 9.17) is 28.4 Å². The van der Waals surface area contributed by atoms with Gasteiger partial charge in [0.25, 0.3) is 0 Å². The third-order valence-electron chi connectivity index (χ3n) is 10.9. The Morgan fingerprint density at radius 1 is 0.588 bits per heavy atom. The van der Waals surface area contributed by atoms with Crippen molar-refractivity contribution in [3.63, 3.8) is 0 Å². The summed E-state index contributed by atoms with van der Waals surface area (Å²) in [5.74, 6) is 4.57. The molecule has 0 radical (unpaired) electrons. The highest BCUT2D eigenvalue weighted by atomic mass is 19.1. The Bertz CT molecular complexity index is 1700. The van der Waals surface area contributed by atoms with Crippen molar-refractivity contribution in [1.82, 2.24) is 9.80 Å². The Hall–Kier alpha value is -4.54. The molecule has 0 amide bonds. The number of piperidine rings is 2. The van der Waals surface area contributed by atoms with Crippen LogP contribution in [0, 0.1) is 23.5 Å². The van der Waals surface area contributed by atoms with Crippen LogP contribution in [0.2, 0.25) is 0 Å². The van der Waals surface area contributed by atoms with Crippen molar-refractivity contribution in [2.45, 2.75) is 31.1 Å². The molecule has 0 saturated carbocycles. The van der Waals surface area contributed by atoms with Crippen molar-refractivity contribution in [2.75, 3.05) is 67.1 Å². The van der Waals surface area contributed by atoms with Gasteiger partial charge >= 0.3 is 0 Å². The quantitative estimate of drug-likeness (QED) is 0.172. The van der Waals surface area contributed by atoms with Crippen LogP contribution < -0.4 is 28.4 Å². The number of ether oxygens (including phenoxy) is 6. The summed E-state index contributed by atoms with van der Waals surface area (Å²) in [6.07, 6.45) is 2.44. The van der Waals surface area contributed by atoms with Crippen molar-refractivity contribution in [3.8, 4) is 34.5 Å². The van der Waals surface area contributed by atoms with E-state index in [0.717, 1.165) is 72.8 Å². The lowest BCUT2D eigenvalue weighted by Crippen LogP contribution is -2.39. The highest BCUT2D eigenvalue weighted by Gasteiger charge is 2.32. The molecule has 4 heterocycles. The number of nitrogens with zero attached hydrogens (tertiary/aromatic N) is 2. The monoisotopic (exact) mass is 698 g/mol. The zero-order valence-corrected chi connectivity index (χ0v) is 29.1. The average Bonchev–Trinajstić information content (AvgIpc) is 3.79. The first-order valence-electron chi connectivity index (χ1n) is 17.8. The predicted molar refractivity (Wildman–Crippen MR) is 188 cm³/mol. The van der Waals surface area contributed by atoms with E-state index in [1.807, 2.05) is 48.5 Å². The maximum atomic E-state index is 13.8. The first-order chi connectivity index (χ1) is 24.9. The lowest BCUT2D eigenvalue weighted by molar-refractivity contribution is 0.128. The molecule has 51 heavy (non-hydrogen) atoms. The molecule has 0 aliphatic carbocycles. The van der Waals surface area contributed by atoms with Gasteiger partial charge in [-0.15, -0.1) is 0 Å². The molecule has 4 aromatic carbocycles. The number of hydrogen-bond donors (Lipinski definition) is 0. The van der Waals surface area contributed by atoms with Crippen molar-refractivity contribution in [2.24, 2.45) is 11.8 Å². The van der Waals surface area contributed by atoms with Crippen LogP contribution in [-0.2, 0) is 6.42 Å². The van der Waals surface area contributed by atoms with E-state index in [-0.39, 0.29) is 48.9 Å². The summed E-state index contributed by atoms with van der Waals surface area (Å²) in [6.45, 7) is 4.98. The number of likely N-dealkylation sites (tertiary alicyclic amines) is 2. The van der Waals surface area contributed by atoms with E-state index in [2.05, 4.69) is 23.9 Å². The van der Waals surface area contributed by atoms with Crippen molar-refractivity contribution < 1.29 is 37.2 Å². The molecule has 8 rings (SSSR count). The second-order valence-corrected chi connectivity index (χ2v) is 14.4. The number of fused-ring (bicyclic) bond motifs is 2. The number of hydrogen-bond acceptors (Lipinski definition) is 8. The largest absolute Gasteiger partial charge is 0.493 e. The Balaban J connectivity index is 1.05. The number of benzene rings is 4. The summed E-state index contributed by atoms with van der Waals surface area (Å²) in [5, 5.41) is 0. The smallest absolute Gasteiger partial charge is 0.231 e. The van der Waals surface area contributed by atoms with Crippen LogP contribution in [0.25, 0.3) is 0 Å². The lowest BCUT2D eigenvalue weighted by atomic mass is 9.81. The number of halogens is 2. The number of rotatable bonds is 10.